The highest BCUT2D eigenvalue weighted by Gasteiger charge is 2.30. The Morgan fingerprint density at radius 3 is 1.88 bits per heavy atom. The average molecular weight is 741 g/mol. The summed E-state index contributed by atoms with van der Waals surface area (Å²) in [6, 6.07) is 0.844. The average Bonchev–Trinajstić information content (AvgIpc) is 3.08. The highest BCUT2D eigenvalue weighted by atomic mass is 16.5. The van der Waals surface area contributed by atoms with E-state index in [1.54, 1.807) is 35.2 Å². The molecule has 3 amide bonds. The Hall–Kier alpha value is -4.11. The molecule has 0 aromatic heterocycles. The van der Waals surface area contributed by atoms with Gasteiger partial charge in [-0.3, -0.25) is 19.2 Å². The molecule has 0 heterocycles. The van der Waals surface area contributed by atoms with Gasteiger partial charge in [-0.1, -0.05) is 34.6 Å². The molecule has 6 N–H and O–H groups in total. The number of nitrogens with one attached hydrogen (secondary N) is 3. The fourth-order valence-electron chi connectivity index (χ4n) is 5.60. The van der Waals surface area contributed by atoms with Gasteiger partial charge >= 0.3 is 11.9 Å². The molecule has 0 aliphatic heterocycles. The Balaban J connectivity index is 0.00000111. The van der Waals surface area contributed by atoms with E-state index in [2.05, 4.69) is 50.6 Å². The van der Waals surface area contributed by atoms with Crippen molar-refractivity contribution in [3.63, 3.8) is 0 Å². The number of methoxy groups -OCH3 is 3. The Morgan fingerprint density at radius 1 is 0.865 bits per heavy atom. The van der Waals surface area contributed by atoms with Crippen molar-refractivity contribution in [3.05, 3.63) is 17.7 Å². The molecule has 15 heteroatoms. The van der Waals surface area contributed by atoms with Gasteiger partial charge in [0.2, 0.25) is 24.0 Å². The molecule has 0 saturated heterocycles. The van der Waals surface area contributed by atoms with Gasteiger partial charge in [0.1, 0.15) is 18.1 Å². The molecule has 4 atom stereocenters. The molecule has 0 radical (unpaired) electrons. The number of esters is 2. The maximum absolute atomic E-state index is 12.3. The second-order valence-electron chi connectivity index (χ2n) is 14.1. The van der Waals surface area contributed by atoms with Crippen molar-refractivity contribution in [2.75, 3.05) is 41.2 Å². The Kier molecular flexibility index (Phi) is 22.3. The van der Waals surface area contributed by atoms with Crippen LogP contribution in [0.1, 0.15) is 99.5 Å². The highest BCUT2D eigenvalue weighted by molar-refractivity contribution is 5.88. The number of rotatable bonds is 22. The lowest BCUT2D eigenvalue weighted by molar-refractivity contribution is -0.148. The summed E-state index contributed by atoms with van der Waals surface area (Å²) in [5.74, 6) is -0.151. The van der Waals surface area contributed by atoms with Crippen molar-refractivity contribution in [1.29, 1.82) is 0 Å². The van der Waals surface area contributed by atoms with Gasteiger partial charge in [-0.05, 0) is 81.4 Å². The SMILES string of the molecule is CCOC(=O)C(N)CCCC(CO)NC(=O)CCC(NC(=O)C(C)NC=O)C(=O)OCC.COc1cc(C(C)(C)CC(C)(C)C)cc(OC)c1OC. The van der Waals surface area contributed by atoms with Crippen LogP contribution in [0.3, 0.4) is 0 Å². The van der Waals surface area contributed by atoms with Crippen LogP contribution in [0.2, 0.25) is 0 Å². The molecule has 0 spiro atoms. The molecular formula is C37H64N4O11. The van der Waals surface area contributed by atoms with E-state index in [4.69, 9.17) is 29.4 Å². The van der Waals surface area contributed by atoms with Gasteiger partial charge in [-0.25, -0.2) is 4.79 Å². The highest BCUT2D eigenvalue weighted by Crippen LogP contribution is 2.44. The van der Waals surface area contributed by atoms with Gasteiger partial charge in [0.05, 0.1) is 47.2 Å². The van der Waals surface area contributed by atoms with Crippen LogP contribution in [0.4, 0.5) is 0 Å². The van der Waals surface area contributed by atoms with Gasteiger partial charge in [0.25, 0.3) is 0 Å². The number of hydrogen-bond acceptors (Lipinski definition) is 12. The number of carbonyl (C=O) groups excluding carboxylic acids is 5. The van der Waals surface area contributed by atoms with Crippen molar-refractivity contribution in [1.82, 2.24) is 16.0 Å². The number of amides is 3. The first-order valence-corrected chi connectivity index (χ1v) is 17.6. The van der Waals surface area contributed by atoms with E-state index < -0.39 is 47.9 Å². The number of hydrogen-bond donors (Lipinski definition) is 5. The second-order valence-corrected chi connectivity index (χ2v) is 14.1. The topological polar surface area (TPSA) is 214 Å². The minimum atomic E-state index is -1.07. The number of nitrogens with two attached hydrogens (primary N) is 1. The quantitative estimate of drug-likeness (QED) is 0.0858. The van der Waals surface area contributed by atoms with Crippen LogP contribution in [0.15, 0.2) is 12.1 Å². The van der Waals surface area contributed by atoms with Gasteiger partial charge in [0, 0.05) is 6.42 Å². The van der Waals surface area contributed by atoms with Crippen molar-refractivity contribution >= 4 is 30.2 Å². The maximum atomic E-state index is 12.3. The van der Waals surface area contributed by atoms with E-state index in [0.717, 1.165) is 6.42 Å². The molecule has 0 aliphatic carbocycles. The van der Waals surface area contributed by atoms with E-state index in [-0.39, 0.29) is 43.5 Å². The first-order valence-electron chi connectivity index (χ1n) is 17.6. The number of benzene rings is 1. The van der Waals surface area contributed by atoms with Gasteiger partial charge in [-0.15, -0.1) is 0 Å². The van der Waals surface area contributed by atoms with Crippen molar-refractivity contribution in [2.45, 2.75) is 123 Å². The summed E-state index contributed by atoms with van der Waals surface area (Å²) < 4.78 is 26.0. The lowest BCUT2D eigenvalue weighted by Gasteiger charge is -2.33. The molecule has 4 unspecified atom stereocenters. The molecule has 298 valence electrons. The summed E-state index contributed by atoms with van der Waals surface area (Å²) in [4.78, 5) is 58.4. The third kappa shape index (κ3) is 17.9. The summed E-state index contributed by atoms with van der Waals surface area (Å²) in [6.07, 6.45) is 2.50. The predicted molar refractivity (Wildman–Crippen MR) is 197 cm³/mol. The zero-order valence-corrected chi connectivity index (χ0v) is 33.0. The van der Waals surface area contributed by atoms with Crippen molar-refractivity contribution in [2.24, 2.45) is 11.1 Å². The standard InChI is InChI=1S/C20H36N4O8.C17H28O3/c1-4-31-19(29)15(21)8-6-7-14(11-25)23-17(27)10-9-16(20(30)32-5-2)24-18(28)13(3)22-12-26;1-16(2,3)11-17(4,5)12-9-13(18-6)15(20-8)14(10-12)19-7/h12-16,25H,4-11,21H2,1-3H3,(H,22,26)(H,23,27)(H,24,28);9-10H,11H2,1-8H3. The molecule has 0 bridgehead atoms. The van der Waals surface area contributed by atoms with E-state index in [0.29, 0.717) is 42.9 Å². The molecule has 1 aromatic carbocycles. The summed E-state index contributed by atoms with van der Waals surface area (Å²) in [5.41, 5.74) is 7.20. The smallest absolute Gasteiger partial charge is 0.328 e. The largest absolute Gasteiger partial charge is 0.493 e. The molecule has 0 saturated carbocycles. The van der Waals surface area contributed by atoms with Crippen LogP contribution >= 0.6 is 0 Å². The minimum Gasteiger partial charge on any atom is -0.493 e. The number of ether oxygens (including phenoxy) is 5. The monoisotopic (exact) mass is 740 g/mol. The van der Waals surface area contributed by atoms with Gasteiger partial charge in [0.15, 0.2) is 11.5 Å². The summed E-state index contributed by atoms with van der Waals surface area (Å²) in [7, 11) is 4.93. The van der Waals surface area contributed by atoms with Crippen LogP contribution < -0.4 is 35.9 Å². The fourth-order valence-corrected chi connectivity index (χ4v) is 5.60. The maximum Gasteiger partial charge on any atom is 0.328 e. The first-order chi connectivity index (χ1) is 24.3. The van der Waals surface area contributed by atoms with Crippen LogP contribution in [-0.4, -0.2) is 101 Å². The van der Waals surface area contributed by atoms with E-state index in [1.807, 2.05) is 12.1 Å². The van der Waals surface area contributed by atoms with Crippen LogP contribution in [0, 0.1) is 5.41 Å². The predicted octanol–water partition coefficient (Wildman–Crippen LogP) is 2.91. The molecule has 1 rings (SSSR count). The Bertz CT molecular complexity index is 1240. The minimum absolute atomic E-state index is 0.0316. The summed E-state index contributed by atoms with van der Waals surface area (Å²) >= 11 is 0. The molecule has 52 heavy (non-hydrogen) atoms. The van der Waals surface area contributed by atoms with Crippen LogP contribution in [-0.2, 0) is 38.9 Å². The Morgan fingerprint density at radius 2 is 1.42 bits per heavy atom. The molecule has 0 fully saturated rings. The zero-order chi connectivity index (χ0) is 40.1. The number of aliphatic hydroxyl groups excluding tert-OH is 1. The van der Waals surface area contributed by atoms with Crippen molar-refractivity contribution < 1.29 is 52.8 Å². The third-order valence-electron chi connectivity index (χ3n) is 7.92. The van der Waals surface area contributed by atoms with E-state index in [9.17, 15) is 29.1 Å². The molecule has 0 aliphatic rings. The van der Waals surface area contributed by atoms with Crippen molar-refractivity contribution in [3.8, 4) is 17.2 Å². The zero-order valence-electron chi connectivity index (χ0n) is 33.0. The Labute approximate surface area is 309 Å². The van der Waals surface area contributed by atoms with Crippen LogP contribution in [0.25, 0.3) is 0 Å². The molecule has 15 nitrogen and oxygen atoms in total. The third-order valence-corrected chi connectivity index (χ3v) is 7.92. The van der Waals surface area contributed by atoms with Gasteiger partial charge in [-0.2, -0.15) is 0 Å². The van der Waals surface area contributed by atoms with E-state index >= 15 is 0 Å². The van der Waals surface area contributed by atoms with E-state index in [1.165, 1.54) is 12.5 Å². The molecular weight excluding hydrogens is 676 g/mol. The van der Waals surface area contributed by atoms with Crippen LogP contribution in [0.5, 0.6) is 17.2 Å². The second kappa shape index (κ2) is 24.2. The first kappa shape index (κ1) is 47.9. The summed E-state index contributed by atoms with van der Waals surface area (Å²) in [6.45, 7) is 16.0. The number of aliphatic hydroxyl groups is 1. The fraction of sp³-hybridized carbons (Fsp3) is 0.703. The van der Waals surface area contributed by atoms with Gasteiger partial charge < -0.3 is 50.5 Å². The normalized spacial score (nSPS) is 13.5. The lowest BCUT2D eigenvalue weighted by Crippen LogP contribution is -2.49. The summed E-state index contributed by atoms with van der Waals surface area (Å²) in [5, 5.41) is 16.9. The number of carbonyl (C=O) groups is 5. The lowest BCUT2D eigenvalue weighted by atomic mass is 9.72. The molecule has 1 aromatic rings.